The Bertz CT molecular complexity index is 296. The lowest BCUT2D eigenvalue weighted by Gasteiger charge is -2.04. The molecule has 1 heterocycles. The van der Waals surface area contributed by atoms with Gasteiger partial charge in [0.2, 0.25) is 5.91 Å². The molecule has 17 heavy (non-hydrogen) atoms. The zero-order valence-electron chi connectivity index (χ0n) is 10.7. The lowest BCUT2D eigenvalue weighted by atomic mass is 10.1. The minimum atomic E-state index is 0.168. The monoisotopic (exact) mass is 237 g/mol. The smallest absolute Gasteiger partial charge is 0.220 e. The number of carbonyl (C=O) groups excluding carboxylic acids is 1. The molecule has 4 heteroatoms. The molecule has 0 aliphatic rings. The van der Waals surface area contributed by atoms with Crippen LogP contribution in [0.25, 0.3) is 0 Å². The third-order valence-electron chi connectivity index (χ3n) is 2.78. The number of H-pyrrole nitrogens is 1. The Morgan fingerprint density at radius 1 is 1.35 bits per heavy atom. The summed E-state index contributed by atoms with van der Waals surface area (Å²) in [5, 5.41) is 2.93. The Labute approximate surface area is 103 Å². The summed E-state index contributed by atoms with van der Waals surface area (Å²) in [5.41, 5.74) is 1.06. The van der Waals surface area contributed by atoms with Crippen molar-refractivity contribution in [3.05, 3.63) is 18.2 Å². The highest BCUT2D eigenvalue weighted by atomic mass is 16.1. The predicted octanol–water partition coefficient (Wildman–Crippen LogP) is 2.43. The quantitative estimate of drug-likeness (QED) is 0.648. The maximum absolute atomic E-state index is 11.5. The molecule has 1 rings (SSSR count). The van der Waals surface area contributed by atoms with Crippen LogP contribution in [0.5, 0.6) is 0 Å². The lowest BCUT2D eigenvalue weighted by molar-refractivity contribution is -0.121. The number of rotatable bonds is 9. The van der Waals surface area contributed by atoms with E-state index in [1.54, 1.807) is 12.5 Å². The SMILES string of the molecule is CCCCCCCC(=O)NCCc1cnc[nH]1. The third kappa shape index (κ3) is 6.76. The highest BCUT2D eigenvalue weighted by molar-refractivity contribution is 5.75. The molecule has 0 aliphatic heterocycles. The second-order valence-corrected chi connectivity index (χ2v) is 4.34. The Hall–Kier alpha value is -1.32. The largest absolute Gasteiger partial charge is 0.356 e. The van der Waals surface area contributed by atoms with E-state index < -0.39 is 0 Å². The summed E-state index contributed by atoms with van der Waals surface area (Å²) in [6.45, 7) is 2.89. The van der Waals surface area contributed by atoms with Gasteiger partial charge in [-0.25, -0.2) is 4.98 Å². The van der Waals surface area contributed by atoms with E-state index in [4.69, 9.17) is 0 Å². The molecule has 1 amide bonds. The lowest BCUT2D eigenvalue weighted by Crippen LogP contribution is -2.25. The summed E-state index contributed by atoms with van der Waals surface area (Å²) < 4.78 is 0. The zero-order chi connectivity index (χ0) is 12.3. The molecule has 4 nitrogen and oxygen atoms in total. The van der Waals surface area contributed by atoms with Crippen molar-refractivity contribution in [2.45, 2.75) is 51.9 Å². The van der Waals surface area contributed by atoms with Crippen molar-refractivity contribution in [2.75, 3.05) is 6.54 Å². The van der Waals surface area contributed by atoms with Crippen LogP contribution in [0.4, 0.5) is 0 Å². The molecule has 0 aromatic carbocycles. The Balaban J connectivity index is 1.94. The number of unbranched alkanes of at least 4 members (excludes halogenated alkanes) is 4. The average Bonchev–Trinajstić information content (AvgIpc) is 2.82. The summed E-state index contributed by atoms with van der Waals surface area (Å²) in [7, 11) is 0. The van der Waals surface area contributed by atoms with E-state index in [1.807, 2.05) is 0 Å². The predicted molar refractivity (Wildman–Crippen MR) is 68.7 cm³/mol. The van der Waals surface area contributed by atoms with E-state index in [2.05, 4.69) is 22.2 Å². The van der Waals surface area contributed by atoms with Gasteiger partial charge in [-0.2, -0.15) is 0 Å². The highest BCUT2D eigenvalue weighted by Gasteiger charge is 2.01. The molecule has 1 aromatic heterocycles. The van der Waals surface area contributed by atoms with Crippen LogP contribution in [0.1, 0.15) is 51.1 Å². The van der Waals surface area contributed by atoms with E-state index in [9.17, 15) is 4.79 Å². The number of nitrogens with zero attached hydrogens (tertiary/aromatic N) is 1. The van der Waals surface area contributed by atoms with Crippen molar-refractivity contribution in [3.8, 4) is 0 Å². The molecule has 0 bridgehead atoms. The van der Waals surface area contributed by atoms with Crippen molar-refractivity contribution in [1.82, 2.24) is 15.3 Å². The van der Waals surface area contributed by atoms with Crippen LogP contribution < -0.4 is 5.32 Å². The van der Waals surface area contributed by atoms with E-state index >= 15 is 0 Å². The van der Waals surface area contributed by atoms with Crippen LogP contribution in [-0.2, 0) is 11.2 Å². The zero-order valence-corrected chi connectivity index (χ0v) is 10.7. The Morgan fingerprint density at radius 2 is 2.18 bits per heavy atom. The number of aromatic nitrogens is 2. The molecule has 2 N–H and O–H groups in total. The summed E-state index contributed by atoms with van der Waals surface area (Å²) in [4.78, 5) is 18.4. The summed E-state index contributed by atoms with van der Waals surface area (Å²) in [6, 6.07) is 0. The van der Waals surface area contributed by atoms with Gasteiger partial charge in [0, 0.05) is 31.3 Å². The molecule has 96 valence electrons. The second kappa shape index (κ2) is 8.79. The van der Waals surface area contributed by atoms with Gasteiger partial charge in [0.25, 0.3) is 0 Å². The maximum Gasteiger partial charge on any atom is 0.220 e. The minimum absolute atomic E-state index is 0.168. The van der Waals surface area contributed by atoms with Gasteiger partial charge in [-0.05, 0) is 6.42 Å². The van der Waals surface area contributed by atoms with Crippen molar-refractivity contribution < 1.29 is 4.79 Å². The number of amides is 1. The van der Waals surface area contributed by atoms with E-state index in [0.29, 0.717) is 13.0 Å². The summed E-state index contributed by atoms with van der Waals surface area (Å²) in [5.74, 6) is 0.168. The van der Waals surface area contributed by atoms with Gasteiger partial charge in [-0.3, -0.25) is 4.79 Å². The van der Waals surface area contributed by atoms with E-state index in [1.165, 1.54) is 25.7 Å². The van der Waals surface area contributed by atoms with Gasteiger partial charge in [-0.1, -0.05) is 32.6 Å². The van der Waals surface area contributed by atoms with Gasteiger partial charge < -0.3 is 10.3 Å². The number of carbonyl (C=O) groups is 1. The second-order valence-electron chi connectivity index (χ2n) is 4.34. The van der Waals surface area contributed by atoms with Crippen molar-refractivity contribution in [1.29, 1.82) is 0 Å². The van der Waals surface area contributed by atoms with Gasteiger partial charge >= 0.3 is 0 Å². The van der Waals surface area contributed by atoms with Crippen LogP contribution in [0.3, 0.4) is 0 Å². The number of aromatic amines is 1. The first kappa shape index (κ1) is 13.7. The topological polar surface area (TPSA) is 57.8 Å². The number of imidazole rings is 1. The molecule has 0 saturated carbocycles. The van der Waals surface area contributed by atoms with Gasteiger partial charge in [0.1, 0.15) is 0 Å². The Morgan fingerprint density at radius 3 is 2.88 bits per heavy atom. The molecule has 0 spiro atoms. The number of hydrogen-bond donors (Lipinski definition) is 2. The molecule has 0 fully saturated rings. The number of nitrogens with one attached hydrogen (secondary N) is 2. The molecular weight excluding hydrogens is 214 g/mol. The first-order chi connectivity index (χ1) is 8.33. The van der Waals surface area contributed by atoms with Crippen LogP contribution >= 0.6 is 0 Å². The molecule has 0 radical (unpaired) electrons. The maximum atomic E-state index is 11.5. The summed E-state index contributed by atoms with van der Waals surface area (Å²) >= 11 is 0. The van der Waals surface area contributed by atoms with Gasteiger partial charge in [-0.15, -0.1) is 0 Å². The van der Waals surface area contributed by atoms with Crippen molar-refractivity contribution in [3.63, 3.8) is 0 Å². The molecule has 0 aliphatic carbocycles. The molecular formula is C13H23N3O. The number of hydrogen-bond acceptors (Lipinski definition) is 2. The highest BCUT2D eigenvalue weighted by Crippen LogP contribution is 2.04. The van der Waals surface area contributed by atoms with Crippen molar-refractivity contribution in [2.24, 2.45) is 0 Å². The van der Waals surface area contributed by atoms with Crippen LogP contribution in [-0.4, -0.2) is 22.4 Å². The first-order valence-corrected chi connectivity index (χ1v) is 6.57. The fraction of sp³-hybridized carbons (Fsp3) is 0.692. The minimum Gasteiger partial charge on any atom is -0.356 e. The molecule has 1 aromatic rings. The van der Waals surface area contributed by atoms with E-state index in [0.717, 1.165) is 18.5 Å². The van der Waals surface area contributed by atoms with Crippen LogP contribution in [0.2, 0.25) is 0 Å². The third-order valence-corrected chi connectivity index (χ3v) is 2.78. The van der Waals surface area contributed by atoms with Gasteiger partial charge in [0.15, 0.2) is 0 Å². The summed E-state index contributed by atoms with van der Waals surface area (Å²) in [6.07, 6.45) is 10.9. The fourth-order valence-corrected chi connectivity index (χ4v) is 1.74. The van der Waals surface area contributed by atoms with Crippen LogP contribution in [0.15, 0.2) is 12.5 Å². The van der Waals surface area contributed by atoms with Crippen molar-refractivity contribution >= 4 is 5.91 Å². The standard InChI is InChI=1S/C13H23N3O/c1-2-3-4-5-6-7-13(17)15-9-8-12-10-14-11-16-12/h10-11H,2-9H2,1H3,(H,14,16)(H,15,17). The van der Waals surface area contributed by atoms with E-state index in [-0.39, 0.29) is 5.91 Å². The molecule has 0 unspecified atom stereocenters. The van der Waals surface area contributed by atoms with Gasteiger partial charge in [0.05, 0.1) is 6.33 Å². The first-order valence-electron chi connectivity index (χ1n) is 6.57. The van der Waals surface area contributed by atoms with Crippen LogP contribution in [0, 0.1) is 0 Å². The fourth-order valence-electron chi connectivity index (χ4n) is 1.74. The average molecular weight is 237 g/mol. The Kier molecular flexibility index (Phi) is 7.11. The molecule has 0 saturated heterocycles. The normalized spacial score (nSPS) is 10.4. The molecule has 0 atom stereocenters.